The molecule has 0 aromatic heterocycles. The van der Waals surface area contributed by atoms with Gasteiger partial charge in [0.15, 0.2) is 5.71 Å². The van der Waals surface area contributed by atoms with Gasteiger partial charge in [0.2, 0.25) is 0 Å². The molecule has 13 heavy (non-hydrogen) atoms. The smallest absolute Gasteiger partial charge is 0.358 e. The van der Waals surface area contributed by atoms with Crippen LogP contribution in [0.4, 0.5) is 0 Å². The molecule has 0 saturated heterocycles. The molecule has 0 heterocycles. The van der Waals surface area contributed by atoms with Crippen LogP contribution in [0.25, 0.3) is 0 Å². The molecule has 0 aliphatic carbocycles. The van der Waals surface area contributed by atoms with Gasteiger partial charge in [-0.3, -0.25) is 0 Å². The summed E-state index contributed by atoms with van der Waals surface area (Å²) in [7, 11) is 0. The van der Waals surface area contributed by atoms with Crippen LogP contribution in [0.1, 0.15) is 5.56 Å². The number of benzene rings is 1. The Morgan fingerprint density at radius 1 is 1.31 bits per heavy atom. The van der Waals surface area contributed by atoms with Gasteiger partial charge in [0.1, 0.15) is 5.75 Å². The number of carbonyl (C=O) groups is 1. The molecule has 0 aliphatic heterocycles. The van der Waals surface area contributed by atoms with Crippen molar-refractivity contribution >= 4 is 11.7 Å². The number of phenolic OH excluding ortho intramolecular Hbond substituents is 1. The number of hydrogen-bond acceptors (Lipinski definition) is 4. The Morgan fingerprint density at radius 3 is 2.38 bits per heavy atom. The number of oxime groups is 1. The molecule has 5 nitrogen and oxygen atoms in total. The number of nitrogens with zero attached hydrogens (tertiary/aromatic N) is 1. The molecule has 0 saturated carbocycles. The lowest BCUT2D eigenvalue weighted by Gasteiger charge is -2.00. The number of carboxylic acids is 1. The van der Waals surface area contributed by atoms with E-state index in [1.165, 1.54) is 24.3 Å². The first-order chi connectivity index (χ1) is 6.16. The van der Waals surface area contributed by atoms with Crippen molar-refractivity contribution in [1.29, 1.82) is 0 Å². The summed E-state index contributed by atoms with van der Waals surface area (Å²) < 4.78 is 0. The lowest BCUT2D eigenvalue weighted by atomic mass is 10.1. The van der Waals surface area contributed by atoms with Crippen LogP contribution in [-0.2, 0) is 4.79 Å². The highest BCUT2D eigenvalue weighted by Crippen LogP contribution is 2.16. The molecule has 0 amide bonds. The van der Waals surface area contributed by atoms with Crippen molar-refractivity contribution in [1.82, 2.24) is 0 Å². The van der Waals surface area contributed by atoms with Crippen molar-refractivity contribution in [3.8, 4) is 5.75 Å². The van der Waals surface area contributed by atoms with Gasteiger partial charge in [-0.25, -0.2) is 4.79 Å². The first-order valence-corrected chi connectivity index (χ1v) is 3.40. The summed E-state index contributed by atoms with van der Waals surface area (Å²) >= 11 is 0. The molecule has 0 bridgehead atoms. The Morgan fingerprint density at radius 2 is 1.92 bits per heavy atom. The number of phenols is 1. The molecule has 5 heteroatoms. The van der Waals surface area contributed by atoms with Crippen molar-refractivity contribution in [2.45, 2.75) is 0 Å². The second kappa shape index (κ2) is 3.57. The van der Waals surface area contributed by atoms with Crippen LogP contribution in [0.2, 0.25) is 0 Å². The van der Waals surface area contributed by atoms with Crippen LogP contribution in [0.5, 0.6) is 5.75 Å². The molecule has 0 unspecified atom stereocenters. The Labute approximate surface area is 73.6 Å². The highest BCUT2D eigenvalue weighted by Gasteiger charge is 2.16. The molecule has 1 aromatic rings. The SMILES string of the molecule is O=C(O)C(=NO)c1ccccc1O. The monoisotopic (exact) mass is 181 g/mol. The van der Waals surface area contributed by atoms with Crippen molar-refractivity contribution in [3.63, 3.8) is 0 Å². The van der Waals surface area contributed by atoms with E-state index in [0.717, 1.165) is 0 Å². The fourth-order valence-electron chi connectivity index (χ4n) is 0.886. The summed E-state index contributed by atoms with van der Waals surface area (Å²) in [5, 5.41) is 28.7. The largest absolute Gasteiger partial charge is 0.507 e. The summed E-state index contributed by atoms with van der Waals surface area (Å²) in [6, 6.07) is 5.72. The lowest BCUT2D eigenvalue weighted by molar-refractivity contribution is -0.129. The number of para-hydroxylation sites is 1. The van der Waals surface area contributed by atoms with Crippen molar-refractivity contribution < 1.29 is 20.2 Å². The van der Waals surface area contributed by atoms with E-state index in [4.69, 9.17) is 10.3 Å². The van der Waals surface area contributed by atoms with Crippen LogP contribution in [0.15, 0.2) is 29.4 Å². The number of aliphatic carboxylic acids is 1. The second-order valence-electron chi connectivity index (χ2n) is 2.27. The minimum Gasteiger partial charge on any atom is -0.507 e. The standard InChI is InChI=1S/C8H7NO4/c10-6-4-2-1-3-5(6)7(9-13)8(11)12/h1-4,10,13H,(H,11,12). The third-order valence-electron chi connectivity index (χ3n) is 1.46. The highest BCUT2D eigenvalue weighted by molar-refractivity contribution is 6.43. The highest BCUT2D eigenvalue weighted by atomic mass is 16.4. The summed E-state index contributed by atoms with van der Waals surface area (Å²) in [6.45, 7) is 0. The zero-order chi connectivity index (χ0) is 9.84. The number of aromatic hydroxyl groups is 1. The molecule has 0 fully saturated rings. The zero-order valence-electron chi connectivity index (χ0n) is 6.51. The molecular formula is C8H7NO4. The minimum atomic E-state index is -1.40. The molecule has 1 aromatic carbocycles. The van der Waals surface area contributed by atoms with Gasteiger partial charge >= 0.3 is 5.97 Å². The van der Waals surface area contributed by atoms with Gasteiger partial charge in [-0.05, 0) is 12.1 Å². The zero-order valence-corrected chi connectivity index (χ0v) is 6.51. The molecule has 1 rings (SSSR count). The Bertz CT molecular complexity index is 359. The third-order valence-corrected chi connectivity index (χ3v) is 1.46. The molecule has 0 radical (unpaired) electrons. The van der Waals surface area contributed by atoms with E-state index in [-0.39, 0.29) is 11.3 Å². The summed E-state index contributed by atoms with van der Waals surface area (Å²) in [6.07, 6.45) is 0. The summed E-state index contributed by atoms with van der Waals surface area (Å²) in [4.78, 5) is 10.5. The van der Waals surface area contributed by atoms with E-state index < -0.39 is 11.7 Å². The predicted molar refractivity (Wildman–Crippen MR) is 44.1 cm³/mol. The van der Waals surface area contributed by atoms with Crippen LogP contribution < -0.4 is 0 Å². The van der Waals surface area contributed by atoms with E-state index >= 15 is 0 Å². The Hall–Kier alpha value is -2.04. The number of rotatable bonds is 2. The Kier molecular flexibility index (Phi) is 2.49. The molecule has 3 N–H and O–H groups in total. The van der Waals surface area contributed by atoms with Gasteiger partial charge in [-0.2, -0.15) is 0 Å². The first-order valence-electron chi connectivity index (χ1n) is 3.40. The fraction of sp³-hybridized carbons (Fsp3) is 0. The van der Waals surface area contributed by atoms with Crippen LogP contribution in [-0.4, -0.2) is 27.1 Å². The van der Waals surface area contributed by atoms with Crippen molar-refractivity contribution in [2.75, 3.05) is 0 Å². The molecule has 0 atom stereocenters. The number of hydrogen-bond donors (Lipinski definition) is 3. The average molecular weight is 181 g/mol. The van der Waals surface area contributed by atoms with Crippen LogP contribution in [0, 0.1) is 0 Å². The number of carboxylic acid groups (broad SMARTS) is 1. The average Bonchev–Trinajstić information content (AvgIpc) is 2.09. The van der Waals surface area contributed by atoms with Crippen molar-refractivity contribution in [2.24, 2.45) is 5.16 Å². The lowest BCUT2D eigenvalue weighted by Crippen LogP contribution is -2.14. The maximum Gasteiger partial charge on any atom is 0.358 e. The molecular weight excluding hydrogens is 174 g/mol. The van der Waals surface area contributed by atoms with Gasteiger partial charge in [0, 0.05) is 0 Å². The molecule has 0 aliphatic rings. The molecule has 0 spiro atoms. The quantitative estimate of drug-likeness (QED) is 0.355. The van der Waals surface area contributed by atoms with Crippen LogP contribution >= 0.6 is 0 Å². The summed E-state index contributed by atoms with van der Waals surface area (Å²) in [5.41, 5.74) is -0.601. The van der Waals surface area contributed by atoms with Gasteiger partial charge in [-0.15, -0.1) is 0 Å². The predicted octanol–water partition coefficient (Wildman–Crippen LogP) is 0.655. The maximum atomic E-state index is 10.5. The van der Waals surface area contributed by atoms with E-state index in [1.807, 2.05) is 0 Å². The van der Waals surface area contributed by atoms with Crippen LogP contribution in [0.3, 0.4) is 0 Å². The van der Waals surface area contributed by atoms with Gasteiger partial charge < -0.3 is 15.4 Å². The normalized spacial score (nSPS) is 11.2. The van der Waals surface area contributed by atoms with E-state index in [9.17, 15) is 9.90 Å². The van der Waals surface area contributed by atoms with Crippen molar-refractivity contribution in [3.05, 3.63) is 29.8 Å². The van der Waals surface area contributed by atoms with E-state index in [0.29, 0.717) is 0 Å². The van der Waals surface area contributed by atoms with Gasteiger partial charge in [0.05, 0.1) is 5.56 Å². The topological polar surface area (TPSA) is 90.1 Å². The third kappa shape index (κ3) is 1.76. The van der Waals surface area contributed by atoms with E-state index in [1.54, 1.807) is 0 Å². The second-order valence-corrected chi connectivity index (χ2v) is 2.27. The molecule has 68 valence electrons. The summed E-state index contributed by atoms with van der Waals surface area (Å²) in [5.74, 6) is -1.64. The van der Waals surface area contributed by atoms with E-state index in [2.05, 4.69) is 5.16 Å². The first kappa shape index (κ1) is 9.05. The minimum absolute atomic E-state index is 0.0162. The van der Waals surface area contributed by atoms with Gasteiger partial charge in [0.25, 0.3) is 0 Å². The Balaban J connectivity index is 3.21. The fourth-order valence-corrected chi connectivity index (χ4v) is 0.886. The maximum absolute atomic E-state index is 10.5. The van der Waals surface area contributed by atoms with Gasteiger partial charge in [-0.1, -0.05) is 17.3 Å².